The summed E-state index contributed by atoms with van der Waals surface area (Å²) in [5, 5.41) is 4.15. The van der Waals surface area contributed by atoms with Crippen molar-refractivity contribution in [3.05, 3.63) is 44.3 Å². The van der Waals surface area contributed by atoms with Crippen LogP contribution in [0.4, 0.5) is 0 Å². The highest BCUT2D eigenvalue weighted by Crippen LogP contribution is 2.42. The number of hydrogen-bond donors (Lipinski definition) is 1. The van der Waals surface area contributed by atoms with Crippen molar-refractivity contribution in [1.29, 1.82) is 0 Å². The Morgan fingerprint density at radius 3 is 2.54 bits per heavy atom. The summed E-state index contributed by atoms with van der Waals surface area (Å²) in [4.78, 5) is 33.1. The van der Waals surface area contributed by atoms with Crippen LogP contribution in [0.3, 0.4) is 0 Å². The molecule has 2 aromatic rings. The van der Waals surface area contributed by atoms with Crippen LogP contribution in [0.2, 0.25) is 0 Å². The maximum atomic E-state index is 13.0. The molecule has 1 saturated carbocycles. The maximum absolute atomic E-state index is 13.0. The Labute approximate surface area is 173 Å². The third-order valence-corrected chi connectivity index (χ3v) is 8.21. The largest absolute Gasteiger partial charge is 0.334 e. The molecule has 4 heterocycles. The fourth-order valence-corrected chi connectivity index (χ4v) is 6.34. The van der Waals surface area contributed by atoms with Gasteiger partial charge in [-0.1, -0.05) is 6.07 Å². The SMILES string of the molecule is O=C(C[NH+]1CCc2sccc2[C@@H]1C1CC1)N1CCN(C(=O)c2cccs2)CC1. The number of amides is 2. The highest BCUT2D eigenvalue weighted by atomic mass is 32.1. The van der Waals surface area contributed by atoms with Gasteiger partial charge in [-0.3, -0.25) is 9.59 Å². The average molecular weight is 417 g/mol. The minimum Gasteiger partial charge on any atom is -0.334 e. The molecule has 3 aliphatic rings. The number of piperazine rings is 1. The molecule has 28 heavy (non-hydrogen) atoms. The summed E-state index contributed by atoms with van der Waals surface area (Å²) in [6, 6.07) is 6.59. The molecule has 2 atom stereocenters. The predicted molar refractivity (Wildman–Crippen MR) is 111 cm³/mol. The Morgan fingerprint density at radius 2 is 1.82 bits per heavy atom. The smallest absolute Gasteiger partial charge is 0.277 e. The van der Waals surface area contributed by atoms with Gasteiger partial charge in [-0.15, -0.1) is 22.7 Å². The molecule has 7 heteroatoms. The lowest BCUT2D eigenvalue weighted by atomic mass is 9.96. The maximum Gasteiger partial charge on any atom is 0.277 e. The fraction of sp³-hybridized carbons (Fsp3) is 0.524. The van der Waals surface area contributed by atoms with Crippen molar-refractivity contribution in [3.63, 3.8) is 0 Å². The van der Waals surface area contributed by atoms with Gasteiger partial charge < -0.3 is 14.7 Å². The number of carbonyl (C=O) groups excluding carboxylic acids is 2. The van der Waals surface area contributed by atoms with E-state index in [1.54, 1.807) is 0 Å². The van der Waals surface area contributed by atoms with Crippen LogP contribution >= 0.6 is 22.7 Å². The first-order valence-electron chi connectivity index (χ1n) is 10.2. The molecule has 0 radical (unpaired) electrons. The number of quaternary nitrogens is 1. The van der Waals surface area contributed by atoms with E-state index in [2.05, 4.69) is 11.4 Å². The number of nitrogens with one attached hydrogen (secondary N) is 1. The van der Waals surface area contributed by atoms with Gasteiger partial charge in [0.1, 0.15) is 6.04 Å². The zero-order valence-electron chi connectivity index (χ0n) is 15.9. The molecule has 2 aliphatic heterocycles. The molecule has 0 spiro atoms. The van der Waals surface area contributed by atoms with E-state index in [0.29, 0.717) is 38.8 Å². The van der Waals surface area contributed by atoms with Crippen LogP contribution in [0, 0.1) is 5.92 Å². The topological polar surface area (TPSA) is 45.1 Å². The monoisotopic (exact) mass is 416 g/mol. The van der Waals surface area contributed by atoms with Gasteiger partial charge >= 0.3 is 0 Å². The highest BCUT2D eigenvalue weighted by Gasteiger charge is 2.44. The quantitative estimate of drug-likeness (QED) is 0.824. The number of fused-ring (bicyclic) bond motifs is 1. The molecule has 1 unspecified atom stereocenters. The lowest BCUT2D eigenvalue weighted by Gasteiger charge is -2.37. The molecule has 5 nitrogen and oxygen atoms in total. The second kappa shape index (κ2) is 7.61. The van der Waals surface area contributed by atoms with Gasteiger partial charge in [-0.05, 0) is 35.7 Å². The van der Waals surface area contributed by atoms with Crippen molar-refractivity contribution in [2.24, 2.45) is 5.92 Å². The summed E-state index contributed by atoms with van der Waals surface area (Å²) >= 11 is 3.36. The number of hydrogen-bond acceptors (Lipinski definition) is 4. The second-order valence-corrected chi connectivity index (χ2v) is 10.0. The Kier molecular flexibility index (Phi) is 4.99. The van der Waals surface area contributed by atoms with Crippen LogP contribution in [-0.2, 0) is 11.2 Å². The molecule has 0 aromatic carbocycles. The number of thiophene rings is 2. The molecule has 5 rings (SSSR count). The lowest BCUT2D eigenvalue weighted by molar-refractivity contribution is -0.929. The number of rotatable bonds is 4. The normalized spacial score (nSPS) is 24.9. The molecule has 2 amide bonds. The predicted octanol–water partition coefficient (Wildman–Crippen LogP) is 1.69. The van der Waals surface area contributed by atoms with Gasteiger partial charge in [0.05, 0.1) is 11.4 Å². The molecular formula is C21H26N3O2S2+. The van der Waals surface area contributed by atoms with Gasteiger partial charge in [0.2, 0.25) is 0 Å². The van der Waals surface area contributed by atoms with Crippen LogP contribution in [0.15, 0.2) is 29.0 Å². The van der Waals surface area contributed by atoms with Gasteiger partial charge in [0.25, 0.3) is 11.8 Å². The van der Waals surface area contributed by atoms with Crippen molar-refractivity contribution in [2.75, 3.05) is 39.3 Å². The summed E-state index contributed by atoms with van der Waals surface area (Å²) in [5.41, 5.74) is 1.51. The molecule has 2 fully saturated rings. The van der Waals surface area contributed by atoms with E-state index in [4.69, 9.17) is 0 Å². The fourth-order valence-electron chi connectivity index (χ4n) is 4.72. The Balaban J connectivity index is 1.19. The molecule has 1 saturated heterocycles. The minimum atomic E-state index is 0.0996. The second-order valence-electron chi connectivity index (χ2n) is 8.10. The van der Waals surface area contributed by atoms with E-state index in [-0.39, 0.29) is 11.8 Å². The Hall–Kier alpha value is -1.70. The van der Waals surface area contributed by atoms with E-state index in [0.717, 1.165) is 23.8 Å². The average Bonchev–Trinajstić information content (AvgIpc) is 3.19. The Morgan fingerprint density at radius 1 is 1.04 bits per heavy atom. The molecule has 1 aliphatic carbocycles. The van der Waals surface area contributed by atoms with Gasteiger partial charge in [-0.25, -0.2) is 0 Å². The summed E-state index contributed by atoms with van der Waals surface area (Å²) in [7, 11) is 0. The summed E-state index contributed by atoms with van der Waals surface area (Å²) in [6.07, 6.45) is 3.71. The van der Waals surface area contributed by atoms with Crippen molar-refractivity contribution >= 4 is 34.5 Å². The standard InChI is InChI=1S/C21H25N3O2S2/c25-19(22-8-10-23(11-9-22)21(26)18-2-1-12-27-18)14-24-7-5-17-16(6-13-28-17)20(24)15-3-4-15/h1-2,6,12-13,15,20H,3-5,7-11,14H2/p+1/t20-/m0/s1. The van der Waals surface area contributed by atoms with Crippen LogP contribution < -0.4 is 4.90 Å². The van der Waals surface area contributed by atoms with Gasteiger partial charge in [0.15, 0.2) is 6.54 Å². The van der Waals surface area contributed by atoms with Crippen molar-refractivity contribution in [2.45, 2.75) is 25.3 Å². The third-order valence-electron chi connectivity index (χ3n) is 6.35. The first-order chi connectivity index (χ1) is 13.7. The van der Waals surface area contributed by atoms with Crippen LogP contribution in [0.5, 0.6) is 0 Å². The van der Waals surface area contributed by atoms with E-state index < -0.39 is 0 Å². The zero-order chi connectivity index (χ0) is 19.1. The van der Waals surface area contributed by atoms with E-state index >= 15 is 0 Å². The number of carbonyl (C=O) groups is 2. The van der Waals surface area contributed by atoms with Crippen molar-refractivity contribution in [1.82, 2.24) is 9.80 Å². The summed E-state index contributed by atoms with van der Waals surface area (Å²) in [6.45, 7) is 4.24. The first-order valence-corrected chi connectivity index (χ1v) is 12.0. The van der Waals surface area contributed by atoms with Crippen molar-refractivity contribution < 1.29 is 14.5 Å². The van der Waals surface area contributed by atoms with Crippen LogP contribution in [0.25, 0.3) is 0 Å². The first kappa shape index (κ1) is 18.3. The van der Waals surface area contributed by atoms with Crippen molar-refractivity contribution in [3.8, 4) is 0 Å². The lowest BCUT2D eigenvalue weighted by Crippen LogP contribution is -3.14. The highest BCUT2D eigenvalue weighted by molar-refractivity contribution is 7.12. The van der Waals surface area contributed by atoms with E-state index in [9.17, 15) is 9.59 Å². The molecule has 1 N–H and O–H groups in total. The van der Waals surface area contributed by atoms with E-state index in [1.807, 2.05) is 38.6 Å². The van der Waals surface area contributed by atoms with Gasteiger partial charge in [0, 0.05) is 49.0 Å². The van der Waals surface area contributed by atoms with Crippen LogP contribution in [0.1, 0.15) is 39.0 Å². The molecule has 0 bridgehead atoms. The number of nitrogens with zero attached hydrogens (tertiary/aromatic N) is 2. The minimum absolute atomic E-state index is 0.0996. The summed E-state index contributed by atoms with van der Waals surface area (Å²) < 4.78 is 0. The third kappa shape index (κ3) is 3.51. The molecule has 148 valence electrons. The van der Waals surface area contributed by atoms with Gasteiger partial charge in [-0.2, -0.15) is 0 Å². The Bertz CT molecular complexity index is 851. The zero-order valence-corrected chi connectivity index (χ0v) is 17.6. The molecular weight excluding hydrogens is 390 g/mol. The van der Waals surface area contributed by atoms with Crippen LogP contribution in [-0.4, -0.2) is 60.9 Å². The molecule has 2 aromatic heterocycles. The summed E-state index contributed by atoms with van der Waals surface area (Å²) in [5.74, 6) is 1.11. The van der Waals surface area contributed by atoms with E-state index in [1.165, 1.54) is 39.5 Å².